The van der Waals surface area contributed by atoms with Crippen LogP contribution in [0.25, 0.3) is 33.1 Å². The molecular weight excluding hydrogens is 372 g/mol. The first-order valence-electron chi connectivity index (χ1n) is 8.63. The highest BCUT2D eigenvalue weighted by Crippen LogP contribution is 2.23. The fourth-order valence-electron chi connectivity index (χ4n) is 3.19. The van der Waals surface area contributed by atoms with Crippen LogP contribution in [0.2, 0.25) is 0 Å². The van der Waals surface area contributed by atoms with Crippen LogP contribution in [0.3, 0.4) is 0 Å². The minimum Gasteiger partial charge on any atom is -1.00 e. The molecule has 2 heterocycles. The number of rotatable bonds is 4. The molecule has 0 fully saturated rings. The lowest BCUT2D eigenvalue weighted by Gasteiger charge is -2.06. The molecule has 126 valence electrons. The number of halogens is 1. The van der Waals surface area contributed by atoms with Crippen LogP contribution in [-0.4, -0.2) is 4.98 Å². The van der Waals surface area contributed by atoms with Gasteiger partial charge in [-0.25, -0.2) is 4.98 Å². The summed E-state index contributed by atoms with van der Waals surface area (Å²) in [5.74, 6) is 0. The Bertz CT molecular complexity index is 1010. The Hall–Kier alpha value is -2.26. The topological polar surface area (TPSA) is 16.8 Å². The number of nitrogens with zero attached hydrogens (tertiary/aromatic N) is 2. The molecule has 2 aromatic heterocycles. The van der Waals surface area contributed by atoms with Gasteiger partial charge in [0.15, 0.2) is 6.20 Å². The van der Waals surface area contributed by atoms with E-state index in [-0.39, 0.29) is 17.0 Å². The summed E-state index contributed by atoms with van der Waals surface area (Å²) < 4.78 is 2.37. The molecule has 2 aromatic carbocycles. The first-order chi connectivity index (χ1) is 11.8. The van der Waals surface area contributed by atoms with Crippen LogP contribution in [0.1, 0.15) is 19.8 Å². The number of unbranched alkanes of at least 4 members (excludes halogenated alkanes) is 1. The van der Waals surface area contributed by atoms with Gasteiger partial charge in [-0.3, -0.25) is 0 Å². The van der Waals surface area contributed by atoms with E-state index in [9.17, 15) is 0 Å². The van der Waals surface area contributed by atoms with E-state index >= 15 is 0 Å². The van der Waals surface area contributed by atoms with Crippen LogP contribution in [-0.2, 0) is 6.54 Å². The molecule has 0 radical (unpaired) electrons. The summed E-state index contributed by atoms with van der Waals surface area (Å²) in [6.45, 7) is 3.27. The van der Waals surface area contributed by atoms with Gasteiger partial charge in [-0.1, -0.05) is 49.7 Å². The number of fused-ring (bicyclic) bond motifs is 2. The number of hydrogen-bond acceptors (Lipinski definition) is 1. The Morgan fingerprint density at radius 1 is 0.880 bits per heavy atom. The van der Waals surface area contributed by atoms with Crippen molar-refractivity contribution in [2.24, 2.45) is 0 Å². The van der Waals surface area contributed by atoms with Crippen molar-refractivity contribution in [3.63, 3.8) is 0 Å². The molecular formula is C22H21BrN2. The lowest BCUT2D eigenvalue weighted by Crippen LogP contribution is -3.00. The Balaban J connectivity index is 0.00000182. The lowest BCUT2D eigenvalue weighted by molar-refractivity contribution is -0.671. The highest BCUT2D eigenvalue weighted by Gasteiger charge is 2.13. The molecule has 0 saturated carbocycles. The minimum absolute atomic E-state index is 0. The number of aromatic nitrogens is 2. The molecule has 0 saturated heterocycles. The fourth-order valence-corrected chi connectivity index (χ4v) is 3.19. The zero-order chi connectivity index (χ0) is 16.4. The van der Waals surface area contributed by atoms with Crippen molar-refractivity contribution < 1.29 is 21.5 Å². The minimum atomic E-state index is 0. The maximum Gasteiger partial charge on any atom is 0.212 e. The van der Waals surface area contributed by atoms with E-state index in [0.29, 0.717) is 0 Å². The first kappa shape index (κ1) is 17.6. The van der Waals surface area contributed by atoms with Gasteiger partial charge in [0, 0.05) is 23.3 Å². The van der Waals surface area contributed by atoms with Gasteiger partial charge in [0.25, 0.3) is 0 Å². The van der Waals surface area contributed by atoms with Gasteiger partial charge in [0.1, 0.15) is 6.54 Å². The molecule has 0 aliphatic rings. The monoisotopic (exact) mass is 392 g/mol. The van der Waals surface area contributed by atoms with Crippen molar-refractivity contribution in [3.8, 4) is 11.3 Å². The molecule has 2 nitrogen and oxygen atoms in total. The highest BCUT2D eigenvalue weighted by atomic mass is 79.9. The van der Waals surface area contributed by atoms with Crippen LogP contribution < -0.4 is 21.5 Å². The molecule has 0 spiro atoms. The van der Waals surface area contributed by atoms with Crippen LogP contribution in [0.5, 0.6) is 0 Å². The Morgan fingerprint density at radius 2 is 1.64 bits per heavy atom. The third-order valence-corrected chi connectivity index (χ3v) is 4.50. The number of hydrogen-bond donors (Lipinski definition) is 0. The summed E-state index contributed by atoms with van der Waals surface area (Å²) in [5.41, 5.74) is 4.54. The maximum atomic E-state index is 4.86. The average molecular weight is 393 g/mol. The zero-order valence-electron chi connectivity index (χ0n) is 14.3. The largest absolute Gasteiger partial charge is 1.00 e. The smallest absolute Gasteiger partial charge is 0.212 e. The second-order valence-electron chi connectivity index (χ2n) is 6.22. The van der Waals surface area contributed by atoms with Crippen LogP contribution in [0, 0.1) is 0 Å². The van der Waals surface area contributed by atoms with E-state index in [4.69, 9.17) is 4.98 Å². The molecule has 0 N–H and O–H groups in total. The summed E-state index contributed by atoms with van der Waals surface area (Å²) in [6.07, 6.45) is 4.62. The molecule has 0 aliphatic carbocycles. The summed E-state index contributed by atoms with van der Waals surface area (Å²) >= 11 is 0. The van der Waals surface area contributed by atoms with Gasteiger partial charge in [0.05, 0.1) is 16.8 Å². The van der Waals surface area contributed by atoms with Crippen molar-refractivity contribution >= 4 is 21.8 Å². The first-order valence-corrected chi connectivity index (χ1v) is 8.63. The fraction of sp³-hybridized carbons (Fsp3) is 0.182. The van der Waals surface area contributed by atoms with E-state index in [1.54, 1.807) is 0 Å². The molecule has 0 atom stereocenters. The predicted molar refractivity (Wildman–Crippen MR) is 99.8 cm³/mol. The van der Waals surface area contributed by atoms with Gasteiger partial charge < -0.3 is 17.0 Å². The van der Waals surface area contributed by atoms with Crippen LogP contribution in [0.15, 0.2) is 72.9 Å². The normalized spacial score (nSPS) is 10.8. The van der Waals surface area contributed by atoms with Gasteiger partial charge >= 0.3 is 0 Å². The lowest BCUT2D eigenvalue weighted by atomic mass is 10.1. The second kappa shape index (κ2) is 7.75. The van der Waals surface area contributed by atoms with Crippen LogP contribution >= 0.6 is 0 Å². The van der Waals surface area contributed by atoms with E-state index in [1.807, 2.05) is 6.07 Å². The summed E-state index contributed by atoms with van der Waals surface area (Å²) in [6, 6.07) is 23.4. The Kier molecular flexibility index (Phi) is 5.44. The number of para-hydroxylation sites is 2. The molecule has 4 aromatic rings. The quantitative estimate of drug-likeness (QED) is 0.486. The van der Waals surface area contributed by atoms with Gasteiger partial charge in [-0.15, -0.1) is 0 Å². The van der Waals surface area contributed by atoms with Crippen molar-refractivity contribution in [1.29, 1.82) is 0 Å². The highest BCUT2D eigenvalue weighted by molar-refractivity contribution is 5.84. The Morgan fingerprint density at radius 3 is 2.48 bits per heavy atom. The summed E-state index contributed by atoms with van der Waals surface area (Å²) in [7, 11) is 0. The molecule has 3 heteroatoms. The number of aryl methyl sites for hydroxylation is 1. The standard InChI is InChI=1S/C22H21N2.BrH/c1-2-3-14-24-16-19(15-18-9-5-7-11-22(18)24)21-13-12-17-8-4-6-10-20(17)23-21;/h4-13,15-16H,2-3,14H2,1H3;1H/q+1;/p-1. The van der Waals surface area contributed by atoms with E-state index in [0.717, 1.165) is 17.8 Å². The van der Waals surface area contributed by atoms with E-state index < -0.39 is 0 Å². The molecule has 4 rings (SSSR count). The zero-order valence-corrected chi connectivity index (χ0v) is 15.9. The maximum absolute atomic E-state index is 4.86. The molecule has 0 bridgehead atoms. The molecule has 0 aliphatic heterocycles. The van der Waals surface area contributed by atoms with Crippen molar-refractivity contribution in [2.75, 3.05) is 0 Å². The van der Waals surface area contributed by atoms with Crippen LogP contribution in [0.4, 0.5) is 0 Å². The number of benzene rings is 2. The SMILES string of the molecule is CCCC[n+]1cc(-c2ccc3ccccc3n2)cc2ccccc21.[Br-]. The molecule has 25 heavy (non-hydrogen) atoms. The van der Waals surface area contributed by atoms with E-state index in [1.165, 1.54) is 34.7 Å². The van der Waals surface area contributed by atoms with Gasteiger partial charge in [-0.05, 0) is 24.3 Å². The average Bonchev–Trinajstić information content (AvgIpc) is 2.65. The third-order valence-electron chi connectivity index (χ3n) is 4.50. The van der Waals surface area contributed by atoms with Crippen molar-refractivity contribution in [2.45, 2.75) is 26.3 Å². The predicted octanol–water partition coefficient (Wildman–Crippen LogP) is 2.15. The van der Waals surface area contributed by atoms with Gasteiger partial charge in [0.2, 0.25) is 5.52 Å². The van der Waals surface area contributed by atoms with Crippen molar-refractivity contribution in [3.05, 3.63) is 72.9 Å². The summed E-state index contributed by atoms with van der Waals surface area (Å²) in [5, 5.41) is 2.45. The Labute approximate surface area is 158 Å². The third kappa shape index (κ3) is 3.57. The molecule has 0 unspecified atom stereocenters. The number of pyridine rings is 2. The van der Waals surface area contributed by atoms with Crippen molar-refractivity contribution in [1.82, 2.24) is 4.98 Å². The second-order valence-corrected chi connectivity index (χ2v) is 6.22. The molecule has 0 amide bonds. The van der Waals surface area contributed by atoms with E-state index in [2.05, 4.69) is 78.4 Å². The van der Waals surface area contributed by atoms with Gasteiger partial charge in [-0.2, -0.15) is 4.57 Å². The summed E-state index contributed by atoms with van der Waals surface area (Å²) in [4.78, 5) is 4.86.